The van der Waals surface area contributed by atoms with Crippen LogP contribution >= 0.6 is 11.3 Å². The van der Waals surface area contributed by atoms with Gasteiger partial charge >= 0.3 is 0 Å². The number of ether oxygens (including phenoxy) is 1. The van der Waals surface area contributed by atoms with Gasteiger partial charge < -0.3 is 14.5 Å². The lowest BCUT2D eigenvalue weighted by Crippen LogP contribution is -2.49. The van der Waals surface area contributed by atoms with Crippen LogP contribution in [0.1, 0.15) is 29.1 Å². The molecule has 3 heterocycles. The first-order valence-corrected chi connectivity index (χ1v) is 11.3. The first kappa shape index (κ1) is 18.8. The summed E-state index contributed by atoms with van der Waals surface area (Å²) in [6.45, 7) is 2.95. The monoisotopic (exact) mass is 411 g/mol. The minimum absolute atomic E-state index is 0.0457. The Kier molecular flexibility index (Phi) is 5.09. The summed E-state index contributed by atoms with van der Waals surface area (Å²) in [4.78, 5) is 34.7. The van der Waals surface area contributed by atoms with Gasteiger partial charge in [-0.1, -0.05) is 36.8 Å². The van der Waals surface area contributed by atoms with E-state index in [9.17, 15) is 9.59 Å². The number of nitrogens with zero attached hydrogens (tertiary/aromatic N) is 3. The average Bonchev–Trinajstić information content (AvgIpc) is 2.99. The van der Waals surface area contributed by atoms with Crippen molar-refractivity contribution in [3.8, 4) is 11.3 Å². The number of amides is 2. The Balaban J connectivity index is 1.36. The lowest BCUT2D eigenvalue weighted by molar-refractivity contribution is -0.140. The van der Waals surface area contributed by atoms with Gasteiger partial charge in [-0.2, -0.15) is 0 Å². The molecule has 3 aliphatic rings. The average molecular weight is 412 g/mol. The number of aromatic nitrogens is 1. The maximum Gasteiger partial charge on any atom is 0.283 e. The number of thiazole rings is 1. The Morgan fingerprint density at radius 2 is 1.90 bits per heavy atom. The summed E-state index contributed by atoms with van der Waals surface area (Å²) < 4.78 is 5.83. The highest BCUT2D eigenvalue weighted by Gasteiger charge is 2.40. The number of rotatable bonds is 3. The van der Waals surface area contributed by atoms with E-state index in [4.69, 9.17) is 4.74 Å². The molecule has 0 radical (unpaired) electrons. The Morgan fingerprint density at radius 1 is 1.07 bits per heavy atom. The van der Waals surface area contributed by atoms with Crippen LogP contribution < -0.4 is 0 Å². The molecule has 1 aromatic heterocycles. The highest BCUT2D eigenvalue weighted by Crippen LogP contribution is 2.31. The number of carbonyl (C=O) groups is 2. The van der Waals surface area contributed by atoms with Crippen LogP contribution in [0.15, 0.2) is 35.7 Å². The highest BCUT2D eigenvalue weighted by atomic mass is 32.1. The molecule has 2 aromatic rings. The van der Waals surface area contributed by atoms with Gasteiger partial charge in [-0.3, -0.25) is 9.59 Å². The normalized spacial score (nSPS) is 24.7. The molecule has 1 saturated carbocycles. The molecule has 5 rings (SSSR count). The van der Waals surface area contributed by atoms with E-state index in [-0.39, 0.29) is 29.7 Å². The zero-order valence-electron chi connectivity index (χ0n) is 16.3. The zero-order valence-corrected chi connectivity index (χ0v) is 17.1. The summed E-state index contributed by atoms with van der Waals surface area (Å²) >= 11 is 1.39. The van der Waals surface area contributed by atoms with Gasteiger partial charge in [0.2, 0.25) is 5.91 Å². The predicted octanol–water partition coefficient (Wildman–Crippen LogP) is 2.91. The number of carbonyl (C=O) groups excluding carboxylic acids is 2. The molecule has 2 saturated heterocycles. The molecule has 152 valence electrons. The zero-order chi connectivity index (χ0) is 19.8. The molecule has 1 aromatic carbocycles. The third-order valence-electron chi connectivity index (χ3n) is 6.25. The van der Waals surface area contributed by atoms with Gasteiger partial charge in [-0.25, -0.2) is 4.98 Å². The van der Waals surface area contributed by atoms with Crippen LogP contribution in [-0.2, 0) is 9.53 Å². The van der Waals surface area contributed by atoms with Crippen molar-refractivity contribution in [1.29, 1.82) is 0 Å². The second-order valence-corrected chi connectivity index (χ2v) is 9.15. The topological polar surface area (TPSA) is 62.7 Å². The van der Waals surface area contributed by atoms with E-state index in [1.165, 1.54) is 11.3 Å². The number of hydrogen-bond acceptors (Lipinski definition) is 5. The third kappa shape index (κ3) is 3.69. The maximum absolute atomic E-state index is 13.3. The predicted molar refractivity (Wildman–Crippen MR) is 111 cm³/mol. The fraction of sp³-hybridized carbons (Fsp3) is 0.500. The molecule has 2 amide bonds. The van der Waals surface area contributed by atoms with E-state index >= 15 is 0 Å². The van der Waals surface area contributed by atoms with E-state index in [0.29, 0.717) is 37.9 Å². The van der Waals surface area contributed by atoms with Crippen LogP contribution in [0.2, 0.25) is 0 Å². The van der Waals surface area contributed by atoms with E-state index in [2.05, 4.69) is 4.98 Å². The lowest BCUT2D eigenvalue weighted by atomic mass is 9.84. The van der Waals surface area contributed by atoms with E-state index in [1.54, 1.807) is 0 Å². The summed E-state index contributed by atoms with van der Waals surface area (Å²) in [7, 11) is 0. The molecule has 0 N–H and O–H groups in total. The van der Waals surface area contributed by atoms with E-state index in [0.717, 1.165) is 30.5 Å². The molecular formula is C22H25N3O3S. The van der Waals surface area contributed by atoms with Crippen LogP contribution in [0.25, 0.3) is 11.3 Å². The molecule has 2 atom stereocenters. The molecule has 29 heavy (non-hydrogen) atoms. The van der Waals surface area contributed by atoms with Crippen molar-refractivity contribution in [2.45, 2.75) is 25.3 Å². The van der Waals surface area contributed by atoms with Crippen LogP contribution in [0.3, 0.4) is 0 Å². The van der Waals surface area contributed by atoms with Gasteiger partial charge in [-0.15, -0.1) is 11.3 Å². The van der Waals surface area contributed by atoms with Crippen molar-refractivity contribution in [2.24, 2.45) is 11.8 Å². The first-order valence-electron chi connectivity index (χ1n) is 10.4. The molecule has 3 fully saturated rings. The quantitative estimate of drug-likeness (QED) is 0.779. The van der Waals surface area contributed by atoms with E-state index in [1.807, 2.05) is 45.5 Å². The van der Waals surface area contributed by atoms with Crippen molar-refractivity contribution < 1.29 is 14.3 Å². The molecule has 7 heteroatoms. The Labute approximate surface area is 174 Å². The van der Waals surface area contributed by atoms with Crippen molar-refractivity contribution in [3.05, 3.63) is 40.7 Å². The highest BCUT2D eigenvalue weighted by molar-refractivity contribution is 7.12. The number of fused-ring (bicyclic) bond motifs is 3. The van der Waals surface area contributed by atoms with Crippen molar-refractivity contribution in [1.82, 2.24) is 14.8 Å². The Morgan fingerprint density at radius 3 is 2.66 bits per heavy atom. The van der Waals surface area contributed by atoms with Gasteiger partial charge in [-0.05, 0) is 12.8 Å². The lowest BCUT2D eigenvalue weighted by Gasteiger charge is -2.35. The minimum Gasteiger partial charge on any atom is -0.379 e. The third-order valence-corrected chi connectivity index (χ3v) is 7.08. The van der Waals surface area contributed by atoms with Crippen molar-refractivity contribution in [2.75, 3.05) is 32.8 Å². The molecule has 1 aliphatic carbocycles. The fourth-order valence-corrected chi connectivity index (χ4v) is 5.20. The Bertz CT molecular complexity index is 896. The second-order valence-electron chi connectivity index (χ2n) is 8.29. The van der Waals surface area contributed by atoms with Crippen molar-refractivity contribution >= 4 is 23.2 Å². The summed E-state index contributed by atoms with van der Waals surface area (Å²) in [5.41, 5.74) is 1.84. The summed E-state index contributed by atoms with van der Waals surface area (Å²) in [6.07, 6.45) is 3.16. The summed E-state index contributed by atoms with van der Waals surface area (Å²) in [6, 6.07) is 9.80. The molecule has 0 unspecified atom stereocenters. The van der Waals surface area contributed by atoms with Crippen LogP contribution in [0.4, 0.5) is 0 Å². The van der Waals surface area contributed by atoms with Gasteiger partial charge in [0.05, 0.1) is 24.9 Å². The second kappa shape index (κ2) is 7.88. The summed E-state index contributed by atoms with van der Waals surface area (Å²) in [5, 5.41) is 2.45. The van der Waals surface area contributed by atoms with Gasteiger partial charge in [0.1, 0.15) is 0 Å². The standard InChI is InChI=1S/C22H25N3O3S/c26-21(17-7-4-8-17)24-9-15-10-25(18(11-24)13-28-12-15)22(27)20-23-19(14-29-20)16-5-2-1-3-6-16/h1-3,5-6,14-15,17-18H,4,7-13H2/t15-,18-/m0/s1. The fourth-order valence-electron chi connectivity index (χ4n) is 4.42. The first-order chi connectivity index (χ1) is 14.2. The van der Waals surface area contributed by atoms with Crippen LogP contribution in [-0.4, -0.2) is 65.5 Å². The molecule has 6 nitrogen and oxygen atoms in total. The maximum atomic E-state index is 13.3. The molecule has 2 bridgehead atoms. The molecule has 0 spiro atoms. The van der Waals surface area contributed by atoms with E-state index < -0.39 is 0 Å². The van der Waals surface area contributed by atoms with Gasteiger partial charge in [0.25, 0.3) is 5.91 Å². The van der Waals surface area contributed by atoms with Gasteiger partial charge in [0.15, 0.2) is 5.01 Å². The van der Waals surface area contributed by atoms with Gasteiger partial charge in [0, 0.05) is 42.4 Å². The molecular weight excluding hydrogens is 386 g/mol. The molecule has 2 aliphatic heterocycles. The number of benzene rings is 1. The minimum atomic E-state index is -0.108. The summed E-state index contributed by atoms with van der Waals surface area (Å²) in [5.74, 6) is 0.564. The SMILES string of the molecule is O=C(C1CCC1)N1C[C@@H]2COC[C@H](C1)N(C(=O)c1nc(-c3ccccc3)cs1)C2. The van der Waals surface area contributed by atoms with Crippen molar-refractivity contribution in [3.63, 3.8) is 0 Å². The van der Waals surface area contributed by atoms with Crippen LogP contribution in [0, 0.1) is 11.8 Å². The smallest absolute Gasteiger partial charge is 0.283 e. The number of hydrogen-bond donors (Lipinski definition) is 0. The van der Waals surface area contributed by atoms with Crippen LogP contribution in [0.5, 0.6) is 0 Å². The Hall–Kier alpha value is -2.25. The largest absolute Gasteiger partial charge is 0.379 e.